The fourth-order valence-electron chi connectivity index (χ4n) is 4.30. The predicted molar refractivity (Wildman–Crippen MR) is 133 cm³/mol. The van der Waals surface area contributed by atoms with E-state index in [0.29, 0.717) is 5.92 Å². The van der Waals surface area contributed by atoms with Crippen molar-refractivity contribution in [1.82, 2.24) is 0 Å². The summed E-state index contributed by atoms with van der Waals surface area (Å²) in [5, 5.41) is 1.29. The van der Waals surface area contributed by atoms with Crippen molar-refractivity contribution < 1.29 is 45.2 Å². The number of rotatable bonds is 6. The molecule has 9 heteroatoms. The number of ether oxygens (including phenoxy) is 2. The molecule has 2 rings (SSSR count). The fourth-order valence-corrected chi connectivity index (χ4v) is 7.20. The summed E-state index contributed by atoms with van der Waals surface area (Å²) in [6, 6.07) is 2.37. The SMILES string of the molecule is C=C(C)[C@]1(O[Si](C)(C)C)CC[C@H](C)c2c1cc([Si](C)(C)C)c(OC)c2OC.[C-]#[O+].[C-]#[O+].[C-]#[O+].[Cr]. The molecule has 1 aliphatic carbocycles. The first-order chi connectivity index (χ1) is 15.3. The molecular formula is C25H38CrO6Si2. The third-order valence-corrected chi connectivity index (χ3v) is 8.47. The van der Waals surface area contributed by atoms with Crippen molar-refractivity contribution >= 4 is 21.6 Å². The summed E-state index contributed by atoms with van der Waals surface area (Å²) in [7, 11) is 0.0480. The average Bonchev–Trinajstić information content (AvgIpc) is 2.76. The van der Waals surface area contributed by atoms with Gasteiger partial charge in [-0.3, -0.25) is 0 Å². The zero-order chi connectivity index (χ0) is 26.8. The van der Waals surface area contributed by atoms with Crippen LogP contribution in [0.25, 0.3) is 0 Å². The van der Waals surface area contributed by atoms with Gasteiger partial charge in [0, 0.05) is 22.9 Å². The molecule has 2 atom stereocenters. The molecule has 1 aliphatic rings. The van der Waals surface area contributed by atoms with Gasteiger partial charge in [0.2, 0.25) is 0 Å². The first-order valence-electron chi connectivity index (χ1n) is 10.6. The van der Waals surface area contributed by atoms with Crippen molar-refractivity contribution in [3.8, 4) is 11.5 Å². The molecule has 0 N–H and O–H groups in total. The van der Waals surface area contributed by atoms with Gasteiger partial charge in [-0.25, -0.2) is 0 Å². The third kappa shape index (κ3) is 8.43. The Labute approximate surface area is 218 Å². The summed E-state index contributed by atoms with van der Waals surface area (Å²) in [5.41, 5.74) is 3.15. The van der Waals surface area contributed by atoms with Crippen molar-refractivity contribution in [2.45, 2.75) is 77.5 Å². The Morgan fingerprint density at radius 3 is 1.74 bits per heavy atom. The van der Waals surface area contributed by atoms with Crippen LogP contribution in [0.5, 0.6) is 11.5 Å². The molecule has 0 fully saturated rings. The number of fused-ring (bicyclic) bond motifs is 1. The predicted octanol–water partition coefficient (Wildman–Crippen LogP) is 5.65. The van der Waals surface area contributed by atoms with E-state index in [1.165, 1.54) is 16.3 Å². The molecule has 1 aromatic carbocycles. The average molecular weight is 543 g/mol. The Hall–Kier alpha value is -1.29. The molecule has 0 aliphatic heterocycles. The van der Waals surface area contributed by atoms with Crippen molar-refractivity contribution in [2.24, 2.45) is 0 Å². The van der Waals surface area contributed by atoms with E-state index in [-0.39, 0.29) is 17.4 Å². The fraction of sp³-hybridized carbons (Fsp3) is 0.560. The van der Waals surface area contributed by atoms with Gasteiger partial charge in [-0.05, 0) is 61.6 Å². The number of methoxy groups -OCH3 is 2. The third-order valence-electron chi connectivity index (χ3n) is 5.52. The molecule has 0 amide bonds. The first-order valence-corrected chi connectivity index (χ1v) is 17.5. The van der Waals surface area contributed by atoms with E-state index in [9.17, 15) is 0 Å². The van der Waals surface area contributed by atoms with Crippen molar-refractivity contribution in [3.63, 3.8) is 0 Å². The normalized spacial score (nSPS) is 18.4. The Bertz CT molecular complexity index is 851. The minimum absolute atomic E-state index is 0. The Kier molecular flexibility index (Phi) is 17.1. The van der Waals surface area contributed by atoms with Crippen LogP contribution in [0.3, 0.4) is 0 Å². The van der Waals surface area contributed by atoms with Gasteiger partial charge < -0.3 is 13.9 Å². The maximum Gasteiger partial charge on any atom is 0 e. The van der Waals surface area contributed by atoms with Gasteiger partial charge in [0.05, 0.1) is 22.3 Å². The van der Waals surface area contributed by atoms with Crippen LogP contribution in [0.4, 0.5) is 0 Å². The van der Waals surface area contributed by atoms with E-state index in [1.807, 2.05) is 0 Å². The van der Waals surface area contributed by atoms with Gasteiger partial charge in [0.15, 0.2) is 19.8 Å². The number of hydrogen-bond acceptors (Lipinski definition) is 3. The van der Waals surface area contributed by atoms with Crippen LogP contribution in [-0.4, -0.2) is 30.6 Å². The number of benzene rings is 1. The van der Waals surface area contributed by atoms with E-state index < -0.39 is 22.0 Å². The molecule has 6 nitrogen and oxygen atoms in total. The van der Waals surface area contributed by atoms with Crippen molar-refractivity contribution in [1.29, 1.82) is 0 Å². The molecule has 188 valence electrons. The summed E-state index contributed by atoms with van der Waals surface area (Å²) in [5.74, 6) is 2.20. The van der Waals surface area contributed by atoms with Gasteiger partial charge in [0.1, 0.15) is 5.60 Å². The quantitative estimate of drug-likeness (QED) is 0.201. The van der Waals surface area contributed by atoms with Crippen LogP contribution < -0.4 is 14.7 Å². The summed E-state index contributed by atoms with van der Waals surface area (Å²) in [4.78, 5) is 0. The van der Waals surface area contributed by atoms with Crippen LogP contribution in [0.15, 0.2) is 18.2 Å². The Morgan fingerprint density at radius 1 is 0.971 bits per heavy atom. The second kappa shape index (κ2) is 15.6. The topological polar surface area (TPSA) is 87.4 Å². The maximum absolute atomic E-state index is 7.50. The standard InChI is InChI=1S/C22H38O3Si2.3CO.Cr/c1-15(2)22(25-27(9,10)11)13-12-16(3)19-17(22)14-18(26(6,7)8)20(23-4)21(19)24-5;3*1-2;/h14,16H,1,12-13H2,2-11H3;;;;/t16-,22+;;;;/m0..../s1. The van der Waals surface area contributed by atoms with Crippen LogP contribution in [0, 0.1) is 20.0 Å². The molecule has 0 saturated heterocycles. The molecule has 0 aromatic heterocycles. The van der Waals surface area contributed by atoms with Gasteiger partial charge in [0.25, 0.3) is 0 Å². The molecule has 0 heterocycles. The van der Waals surface area contributed by atoms with Crippen LogP contribution in [0.1, 0.15) is 43.7 Å². The minimum atomic E-state index is -1.80. The zero-order valence-electron chi connectivity index (χ0n) is 22.1. The van der Waals surface area contributed by atoms with E-state index in [4.69, 9.17) is 27.9 Å². The monoisotopic (exact) mass is 542 g/mol. The number of hydrogen-bond donors (Lipinski definition) is 0. The van der Waals surface area contributed by atoms with Gasteiger partial charge in [-0.2, -0.15) is 0 Å². The maximum atomic E-state index is 7.50. The van der Waals surface area contributed by atoms with Crippen molar-refractivity contribution in [2.75, 3.05) is 14.2 Å². The molecular weight excluding hydrogens is 504 g/mol. The van der Waals surface area contributed by atoms with Crippen LogP contribution in [-0.2, 0) is 41.3 Å². The van der Waals surface area contributed by atoms with E-state index in [0.717, 1.165) is 29.9 Å². The van der Waals surface area contributed by atoms with Gasteiger partial charge in [-0.15, -0.1) is 0 Å². The Morgan fingerprint density at radius 2 is 1.41 bits per heavy atom. The van der Waals surface area contributed by atoms with Crippen molar-refractivity contribution in [3.05, 3.63) is 49.3 Å². The van der Waals surface area contributed by atoms with Crippen LogP contribution >= 0.6 is 0 Å². The molecule has 0 unspecified atom stereocenters. The largest absolute Gasteiger partial charge is 0 e. The summed E-state index contributed by atoms with van der Waals surface area (Å²) < 4.78 is 41.3. The zero-order valence-corrected chi connectivity index (χ0v) is 25.4. The Balaban J connectivity index is -0.00000127. The first kappa shape index (κ1) is 37.3. The molecule has 34 heavy (non-hydrogen) atoms. The smallest absolute Gasteiger partial charge is 0 e. The van der Waals surface area contributed by atoms with Crippen LogP contribution in [0.2, 0.25) is 39.3 Å². The van der Waals surface area contributed by atoms with E-state index in [1.54, 1.807) is 14.2 Å². The molecule has 1 aromatic rings. The van der Waals surface area contributed by atoms with Gasteiger partial charge in [-0.1, -0.05) is 39.2 Å². The molecule has 0 bridgehead atoms. The van der Waals surface area contributed by atoms with E-state index in [2.05, 4.69) is 85.7 Å². The summed E-state index contributed by atoms with van der Waals surface area (Å²) in [6.07, 6.45) is 2.03. The second-order valence-corrected chi connectivity index (χ2v) is 19.4. The summed E-state index contributed by atoms with van der Waals surface area (Å²) in [6.45, 7) is 36.1. The second-order valence-electron chi connectivity index (χ2n) is 9.96. The molecule has 0 saturated carbocycles. The molecule has 0 spiro atoms. The van der Waals surface area contributed by atoms with E-state index >= 15 is 0 Å². The summed E-state index contributed by atoms with van der Waals surface area (Å²) >= 11 is 0. The van der Waals surface area contributed by atoms with Gasteiger partial charge >= 0.3 is 33.9 Å². The minimum Gasteiger partial charge on any atom is 0 e. The molecule has 0 radical (unpaired) electrons.